The van der Waals surface area contributed by atoms with E-state index in [-0.39, 0.29) is 18.3 Å². The summed E-state index contributed by atoms with van der Waals surface area (Å²) in [7, 11) is 1.33. The van der Waals surface area contributed by atoms with Crippen molar-refractivity contribution in [1.29, 1.82) is 0 Å². The third kappa shape index (κ3) is 5.19. The van der Waals surface area contributed by atoms with E-state index < -0.39 is 12.1 Å². The van der Waals surface area contributed by atoms with Crippen molar-refractivity contribution in [1.82, 2.24) is 5.32 Å². The first kappa shape index (κ1) is 15.3. The molecular formula is C14H20N2O3. The number of rotatable bonds is 7. The van der Waals surface area contributed by atoms with E-state index in [4.69, 9.17) is 10.5 Å². The molecule has 1 aromatic carbocycles. The second kappa shape index (κ2) is 7.66. The standard InChI is InChI=1S/C14H20N2O3/c1-10(15)13(17)9-16-12(14(18)19-2)8-11-6-4-3-5-7-11/h3-7,10,12,16H,8-9,15H2,1-2H3/t10-,12-/m0/s1. The Bertz CT molecular complexity index is 418. The highest BCUT2D eigenvalue weighted by molar-refractivity contribution is 5.86. The first-order chi connectivity index (χ1) is 9.04. The number of ketones is 1. The Kier molecular flexibility index (Phi) is 6.18. The van der Waals surface area contributed by atoms with Crippen molar-refractivity contribution in [2.75, 3.05) is 13.7 Å². The van der Waals surface area contributed by atoms with E-state index in [0.29, 0.717) is 6.42 Å². The number of esters is 1. The van der Waals surface area contributed by atoms with E-state index in [1.165, 1.54) is 7.11 Å². The van der Waals surface area contributed by atoms with Gasteiger partial charge in [0.2, 0.25) is 0 Å². The van der Waals surface area contributed by atoms with E-state index >= 15 is 0 Å². The van der Waals surface area contributed by atoms with Crippen LogP contribution >= 0.6 is 0 Å². The van der Waals surface area contributed by atoms with E-state index in [9.17, 15) is 9.59 Å². The smallest absolute Gasteiger partial charge is 0.323 e. The van der Waals surface area contributed by atoms with Crippen LogP contribution in [0.1, 0.15) is 12.5 Å². The molecule has 0 amide bonds. The Labute approximate surface area is 113 Å². The van der Waals surface area contributed by atoms with Crippen LogP contribution in [-0.4, -0.2) is 37.5 Å². The molecule has 5 nitrogen and oxygen atoms in total. The predicted molar refractivity (Wildman–Crippen MR) is 72.6 cm³/mol. The zero-order valence-corrected chi connectivity index (χ0v) is 11.3. The number of nitrogens with two attached hydrogens (primary N) is 1. The van der Waals surface area contributed by atoms with E-state index in [1.54, 1.807) is 6.92 Å². The van der Waals surface area contributed by atoms with Gasteiger partial charge in [0.15, 0.2) is 5.78 Å². The lowest BCUT2D eigenvalue weighted by atomic mass is 10.1. The number of hydrogen-bond donors (Lipinski definition) is 2. The minimum absolute atomic E-state index is 0.0598. The molecule has 0 unspecified atom stereocenters. The number of carbonyl (C=O) groups is 2. The largest absolute Gasteiger partial charge is 0.468 e. The van der Waals surface area contributed by atoms with Crippen molar-refractivity contribution in [2.24, 2.45) is 5.73 Å². The molecule has 1 aromatic rings. The maximum Gasteiger partial charge on any atom is 0.323 e. The van der Waals surface area contributed by atoms with Crippen LogP contribution in [-0.2, 0) is 20.7 Å². The molecular weight excluding hydrogens is 244 g/mol. The molecule has 2 atom stereocenters. The van der Waals surface area contributed by atoms with Gasteiger partial charge in [0.05, 0.1) is 19.7 Å². The molecule has 0 aromatic heterocycles. The Morgan fingerprint density at radius 3 is 2.47 bits per heavy atom. The van der Waals surface area contributed by atoms with E-state index in [2.05, 4.69) is 5.32 Å². The van der Waals surface area contributed by atoms with Crippen LogP contribution in [0, 0.1) is 0 Å². The van der Waals surface area contributed by atoms with Crippen molar-refractivity contribution in [3.8, 4) is 0 Å². The molecule has 3 N–H and O–H groups in total. The van der Waals surface area contributed by atoms with E-state index in [1.807, 2.05) is 30.3 Å². The van der Waals surface area contributed by atoms with Gasteiger partial charge in [0.25, 0.3) is 0 Å². The Balaban J connectivity index is 2.63. The van der Waals surface area contributed by atoms with Crippen LogP contribution in [0.3, 0.4) is 0 Å². The van der Waals surface area contributed by atoms with Gasteiger partial charge in [-0.1, -0.05) is 30.3 Å². The van der Waals surface area contributed by atoms with Crippen LogP contribution in [0.4, 0.5) is 0 Å². The molecule has 0 saturated heterocycles. The lowest BCUT2D eigenvalue weighted by Crippen LogP contribution is -2.45. The summed E-state index contributed by atoms with van der Waals surface area (Å²) in [6.07, 6.45) is 0.472. The molecule has 0 heterocycles. The number of methoxy groups -OCH3 is 1. The first-order valence-corrected chi connectivity index (χ1v) is 6.18. The first-order valence-electron chi connectivity index (χ1n) is 6.18. The summed E-state index contributed by atoms with van der Waals surface area (Å²) in [6, 6.07) is 8.46. The zero-order valence-electron chi connectivity index (χ0n) is 11.3. The van der Waals surface area contributed by atoms with Gasteiger partial charge in [-0.2, -0.15) is 0 Å². The fourth-order valence-electron chi connectivity index (χ4n) is 1.62. The minimum Gasteiger partial charge on any atom is -0.468 e. The molecule has 0 aliphatic carbocycles. The van der Waals surface area contributed by atoms with E-state index in [0.717, 1.165) is 5.56 Å². The summed E-state index contributed by atoms with van der Waals surface area (Å²) in [5.41, 5.74) is 6.48. The summed E-state index contributed by atoms with van der Waals surface area (Å²) in [5, 5.41) is 2.90. The number of hydrogen-bond acceptors (Lipinski definition) is 5. The van der Waals surface area contributed by atoms with Gasteiger partial charge < -0.3 is 10.5 Å². The van der Waals surface area contributed by atoms with Crippen LogP contribution in [0.25, 0.3) is 0 Å². The second-order valence-electron chi connectivity index (χ2n) is 4.40. The van der Waals surface area contributed by atoms with Crippen molar-refractivity contribution < 1.29 is 14.3 Å². The summed E-state index contributed by atoms with van der Waals surface area (Å²) in [6.45, 7) is 1.68. The molecule has 1 rings (SSSR count). The third-order valence-corrected chi connectivity index (χ3v) is 2.80. The van der Waals surface area contributed by atoms with Crippen molar-refractivity contribution in [3.63, 3.8) is 0 Å². The molecule has 0 aliphatic rings. The van der Waals surface area contributed by atoms with Gasteiger partial charge in [-0.25, -0.2) is 0 Å². The fraction of sp³-hybridized carbons (Fsp3) is 0.429. The lowest BCUT2D eigenvalue weighted by molar-refractivity contribution is -0.143. The van der Waals surface area contributed by atoms with Crippen molar-refractivity contribution >= 4 is 11.8 Å². The number of carbonyl (C=O) groups excluding carboxylic acids is 2. The lowest BCUT2D eigenvalue weighted by Gasteiger charge is -2.16. The van der Waals surface area contributed by atoms with Gasteiger partial charge in [-0.05, 0) is 18.9 Å². The number of benzene rings is 1. The van der Waals surface area contributed by atoms with Gasteiger partial charge in [0.1, 0.15) is 6.04 Å². The van der Waals surface area contributed by atoms with Crippen LogP contribution < -0.4 is 11.1 Å². The topological polar surface area (TPSA) is 81.4 Å². The molecule has 104 valence electrons. The molecule has 0 spiro atoms. The summed E-state index contributed by atoms with van der Waals surface area (Å²) < 4.78 is 4.73. The fourth-order valence-corrected chi connectivity index (χ4v) is 1.62. The Morgan fingerprint density at radius 2 is 1.95 bits per heavy atom. The van der Waals surface area contributed by atoms with Gasteiger partial charge in [-0.15, -0.1) is 0 Å². The molecule has 0 bridgehead atoms. The molecule has 0 radical (unpaired) electrons. The Morgan fingerprint density at radius 1 is 1.32 bits per heavy atom. The highest BCUT2D eigenvalue weighted by Crippen LogP contribution is 2.04. The maximum absolute atomic E-state index is 11.7. The van der Waals surface area contributed by atoms with Crippen molar-refractivity contribution in [2.45, 2.75) is 25.4 Å². The monoisotopic (exact) mass is 264 g/mol. The van der Waals surface area contributed by atoms with Crippen LogP contribution in [0.5, 0.6) is 0 Å². The second-order valence-corrected chi connectivity index (χ2v) is 4.40. The molecule has 19 heavy (non-hydrogen) atoms. The van der Waals surface area contributed by atoms with Crippen molar-refractivity contribution in [3.05, 3.63) is 35.9 Å². The molecule has 0 saturated carbocycles. The highest BCUT2D eigenvalue weighted by Gasteiger charge is 2.20. The normalized spacial score (nSPS) is 13.6. The zero-order chi connectivity index (χ0) is 14.3. The highest BCUT2D eigenvalue weighted by atomic mass is 16.5. The average Bonchev–Trinajstić information content (AvgIpc) is 2.43. The minimum atomic E-state index is -0.546. The number of ether oxygens (including phenoxy) is 1. The quantitative estimate of drug-likeness (QED) is 0.691. The third-order valence-electron chi connectivity index (χ3n) is 2.80. The number of nitrogens with one attached hydrogen (secondary N) is 1. The Hall–Kier alpha value is -1.72. The summed E-state index contributed by atoms with van der Waals surface area (Å²) in [5.74, 6) is -0.525. The molecule has 0 aliphatic heterocycles. The average molecular weight is 264 g/mol. The molecule has 5 heteroatoms. The summed E-state index contributed by atoms with van der Waals surface area (Å²) >= 11 is 0. The molecule has 0 fully saturated rings. The van der Waals surface area contributed by atoms with Gasteiger partial charge in [0, 0.05) is 0 Å². The maximum atomic E-state index is 11.7. The summed E-state index contributed by atoms with van der Waals surface area (Å²) in [4.78, 5) is 23.1. The number of Topliss-reactive ketones (excluding diaryl/α,β-unsaturated/α-hetero) is 1. The van der Waals surface area contributed by atoms with Gasteiger partial charge >= 0.3 is 5.97 Å². The van der Waals surface area contributed by atoms with Crippen LogP contribution in [0.15, 0.2) is 30.3 Å². The van der Waals surface area contributed by atoms with Gasteiger partial charge in [-0.3, -0.25) is 14.9 Å². The SMILES string of the molecule is COC(=O)[C@H](Cc1ccccc1)NCC(=O)[C@H](C)N. The predicted octanol–water partition coefficient (Wildman–Crippen LogP) is 0.277. The van der Waals surface area contributed by atoms with Crippen LogP contribution in [0.2, 0.25) is 0 Å².